The van der Waals surface area contributed by atoms with Gasteiger partial charge in [0.1, 0.15) is 0 Å². The summed E-state index contributed by atoms with van der Waals surface area (Å²) in [7, 11) is 0. The van der Waals surface area contributed by atoms with Gasteiger partial charge in [-0.05, 0) is 45.1 Å². The highest BCUT2D eigenvalue weighted by molar-refractivity contribution is 4.93. The molecule has 0 spiro atoms. The van der Waals surface area contributed by atoms with E-state index in [1.54, 1.807) is 0 Å². The maximum Gasteiger partial charge on any atom is 0.0120 e. The molecule has 94 valence electrons. The smallest absolute Gasteiger partial charge is 0.0120 e. The first-order valence-electron chi connectivity index (χ1n) is 7.23. The molecule has 0 radical (unpaired) electrons. The number of likely N-dealkylation sites (tertiary alicyclic amines) is 1. The van der Waals surface area contributed by atoms with Gasteiger partial charge in [-0.2, -0.15) is 0 Å². The molecule has 2 rings (SSSR count). The van der Waals surface area contributed by atoms with Crippen LogP contribution in [-0.2, 0) is 0 Å². The van der Waals surface area contributed by atoms with Crippen molar-refractivity contribution in [3.63, 3.8) is 0 Å². The Labute approximate surface area is 101 Å². The quantitative estimate of drug-likeness (QED) is 0.790. The molecule has 0 aromatic rings. The normalized spacial score (nSPS) is 37.3. The van der Waals surface area contributed by atoms with E-state index < -0.39 is 0 Å². The number of rotatable bonds is 4. The second kappa shape index (κ2) is 5.50. The third-order valence-electron chi connectivity index (χ3n) is 4.82. The lowest BCUT2D eigenvalue weighted by Gasteiger charge is -2.49. The summed E-state index contributed by atoms with van der Waals surface area (Å²) in [5.74, 6) is 0.806. The molecule has 1 aliphatic heterocycles. The summed E-state index contributed by atoms with van der Waals surface area (Å²) in [6.45, 7) is 9.62. The van der Waals surface area contributed by atoms with Gasteiger partial charge in [0.15, 0.2) is 0 Å². The van der Waals surface area contributed by atoms with Gasteiger partial charge in [0.25, 0.3) is 0 Å². The Hall–Kier alpha value is -0.0800. The molecule has 2 nitrogen and oxygen atoms in total. The van der Waals surface area contributed by atoms with Crippen LogP contribution >= 0.6 is 0 Å². The summed E-state index contributed by atoms with van der Waals surface area (Å²) in [5.41, 5.74) is 0. The monoisotopic (exact) mass is 224 g/mol. The highest BCUT2D eigenvalue weighted by atomic mass is 15.2. The molecule has 16 heavy (non-hydrogen) atoms. The molecule has 0 aromatic carbocycles. The fraction of sp³-hybridized carbons (Fsp3) is 1.00. The van der Waals surface area contributed by atoms with Crippen molar-refractivity contribution >= 4 is 0 Å². The topological polar surface area (TPSA) is 15.3 Å². The molecule has 2 fully saturated rings. The van der Waals surface area contributed by atoms with E-state index in [2.05, 4.69) is 31.0 Å². The molecular formula is C14H28N2. The molecule has 1 N–H and O–H groups in total. The zero-order valence-corrected chi connectivity index (χ0v) is 11.2. The Bertz CT molecular complexity index is 213. The first-order chi connectivity index (χ1) is 7.74. The highest BCUT2D eigenvalue weighted by Gasteiger charge is 2.37. The van der Waals surface area contributed by atoms with E-state index >= 15 is 0 Å². The van der Waals surface area contributed by atoms with Crippen LogP contribution < -0.4 is 5.32 Å². The van der Waals surface area contributed by atoms with Crippen LogP contribution in [0.15, 0.2) is 0 Å². The Balaban J connectivity index is 1.86. The summed E-state index contributed by atoms with van der Waals surface area (Å²) < 4.78 is 0. The minimum absolute atomic E-state index is 0.756. The third-order valence-corrected chi connectivity index (χ3v) is 4.82. The Morgan fingerprint density at radius 3 is 2.50 bits per heavy atom. The van der Waals surface area contributed by atoms with Crippen LogP contribution in [0.1, 0.15) is 52.9 Å². The van der Waals surface area contributed by atoms with Crippen molar-refractivity contribution in [3.8, 4) is 0 Å². The molecule has 2 aliphatic rings. The molecule has 2 heteroatoms. The van der Waals surface area contributed by atoms with Gasteiger partial charge in [0.2, 0.25) is 0 Å². The molecule has 3 unspecified atom stereocenters. The van der Waals surface area contributed by atoms with Crippen LogP contribution in [-0.4, -0.2) is 36.1 Å². The first-order valence-corrected chi connectivity index (χ1v) is 7.23. The van der Waals surface area contributed by atoms with Crippen molar-refractivity contribution in [2.75, 3.05) is 13.1 Å². The largest absolute Gasteiger partial charge is 0.314 e. The summed E-state index contributed by atoms with van der Waals surface area (Å²) in [4.78, 5) is 2.78. The van der Waals surface area contributed by atoms with Crippen LogP contribution in [0.3, 0.4) is 0 Å². The Morgan fingerprint density at radius 2 is 1.94 bits per heavy atom. The van der Waals surface area contributed by atoms with Crippen LogP contribution in [0.2, 0.25) is 0 Å². The van der Waals surface area contributed by atoms with Crippen molar-refractivity contribution in [2.24, 2.45) is 5.92 Å². The van der Waals surface area contributed by atoms with Crippen molar-refractivity contribution in [1.29, 1.82) is 0 Å². The van der Waals surface area contributed by atoms with Gasteiger partial charge in [0.05, 0.1) is 0 Å². The summed E-state index contributed by atoms with van der Waals surface area (Å²) in [6.07, 6.45) is 6.96. The Morgan fingerprint density at radius 1 is 1.19 bits per heavy atom. The molecular weight excluding hydrogens is 196 g/mol. The maximum atomic E-state index is 3.72. The van der Waals surface area contributed by atoms with E-state index in [1.807, 2.05) is 0 Å². The van der Waals surface area contributed by atoms with Crippen molar-refractivity contribution < 1.29 is 0 Å². The summed E-state index contributed by atoms with van der Waals surface area (Å²) >= 11 is 0. The SMILES string of the molecule is CCCNC1CCN(C2CCC2)C(C)C1C. The number of hydrogen-bond donors (Lipinski definition) is 1. The zero-order chi connectivity index (χ0) is 11.5. The highest BCUT2D eigenvalue weighted by Crippen LogP contribution is 2.32. The van der Waals surface area contributed by atoms with Gasteiger partial charge in [-0.15, -0.1) is 0 Å². The molecule has 3 atom stereocenters. The van der Waals surface area contributed by atoms with E-state index in [9.17, 15) is 0 Å². The van der Waals surface area contributed by atoms with Crippen LogP contribution in [0.25, 0.3) is 0 Å². The van der Waals surface area contributed by atoms with Gasteiger partial charge in [0, 0.05) is 24.7 Å². The van der Waals surface area contributed by atoms with Crippen molar-refractivity contribution in [2.45, 2.75) is 71.0 Å². The standard InChI is InChI=1S/C14H28N2/c1-4-9-15-14-8-10-16(12(3)11(14)2)13-6-5-7-13/h11-15H,4-10H2,1-3H3. The zero-order valence-electron chi connectivity index (χ0n) is 11.2. The minimum atomic E-state index is 0.756. The molecule has 1 heterocycles. The number of nitrogens with one attached hydrogen (secondary N) is 1. The lowest BCUT2D eigenvalue weighted by molar-refractivity contribution is 0.0163. The Kier molecular flexibility index (Phi) is 4.26. The second-order valence-corrected chi connectivity index (χ2v) is 5.77. The molecule has 0 bridgehead atoms. The molecule has 1 saturated heterocycles. The first kappa shape index (κ1) is 12.4. The molecule has 0 aromatic heterocycles. The van der Waals surface area contributed by atoms with E-state index in [0.29, 0.717) is 0 Å². The second-order valence-electron chi connectivity index (χ2n) is 5.77. The summed E-state index contributed by atoms with van der Waals surface area (Å²) in [6, 6.07) is 2.45. The number of hydrogen-bond acceptors (Lipinski definition) is 2. The number of nitrogens with zero attached hydrogens (tertiary/aromatic N) is 1. The third kappa shape index (κ3) is 2.43. The number of piperidine rings is 1. The van der Waals surface area contributed by atoms with Crippen LogP contribution in [0, 0.1) is 5.92 Å². The fourth-order valence-corrected chi connectivity index (χ4v) is 3.24. The fourth-order valence-electron chi connectivity index (χ4n) is 3.24. The van der Waals surface area contributed by atoms with Crippen LogP contribution in [0.4, 0.5) is 0 Å². The van der Waals surface area contributed by atoms with Crippen molar-refractivity contribution in [1.82, 2.24) is 10.2 Å². The van der Waals surface area contributed by atoms with E-state index in [-0.39, 0.29) is 0 Å². The lowest BCUT2D eigenvalue weighted by Crippen LogP contribution is -2.57. The minimum Gasteiger partial charge on any atom is -0.314 e. The predicted octanol–water partition coefficient (Wildman–Crippen LogP) is 2.64. The van der Waals surface area contributed by atoms with Gasteiger partial charge in [-0.3, -0.25) is 4.90 Å². The van der Waals surface area contributed by atoms with Gasteiger partial charge >= 0.3 is 0 Å². The van der Waals surface area contributed by atoms with Gasteiger partial charge in [-0.25, -0.2) is 0 Å². The predicted molar refractivity (Wildman–Crippen MR) is 69.7 cm³/mol. The molecule has 1 aliphatic carbocycles. The van der Waals surface area contributed by atoms with Crippen molar-refractivity contribution in [3.05, 3.63) is 0 Å². The average Bonchev–Trinajstić information content (AvgIpc) is 2.21. The maximum absolute atomic E-state index is 3.72. The summed E-state index contributed by atoms with van der Waals surface area (Å²) in [5, 5.41) is 3.72. The average molecular weight is 224 g/mol. The lowest BCUT2D eigenvalue weighted by atomic mass is 9.82. The van der Waals surface area contributed by atoms with Gasteiger partial charge < -0.3 is 5.32 Å². The van der Waals surface area contributed by atoms with E-state index in [1.165, 1.54) is 45.2 Å². The van der Waals surface area contributed by atoms with Crippen LogP contribution in [0.5, 0.6) is 0 Å². The van der Waals surface area contributed by atoms with E-state index in [4.69, 9.17) is 0 Å². The van der Waals surface area contributed by atoms with E-state index in [0.717, 1.165) is 24.0 Å². The molecule has 1 saturated carbocycles. The molecule has 0 amide bonds. The van der Waals surface area contributed by atoms with Gasteiger partial charge in [-0.1, -0.05) is 20.3 Å².